The van der Waals surface area contributed by atoms with E-state index in [4.69, 9.17) is 0 Å². The normalized spacial score (nSPS) is 19.5. The van der Waals surface area contributed by atoms with Crippen molar-refractivity contribution in [1.82, 2.24) is 9.88 Å². The van der Waals surface area contributed by atoms with Crippen LogP contribution in [0.4, 0.5) is 0 Å². The van der Waals surface area contributed by atoms with E-state index in [9.17, 15) is 0 Å². The van der Waals surface area contributed by atoms with Crippen LogP contribution in [0.2, 0.25) is 0 Å². The molecule has 0 radical (unpaired) electrons. The summed E-state index contributed by atoms with van der Waals surface area (Å²) in [6.45, 7) is 1.14. The highest BCUT2D eigenvalue weighted by molar-refractivity contribution is 5.85. The second-order valence-corrected chi connectivity index (χ2v) is 5.17. The monoisotopic (exact) mass is 228 g/mol. The Morgan fingerprint density at radius 1 is 1.35 bits per heavy atom. The molecule has 1 unspecified atom stereocenters. The number of hydrogen-bond donors (Lipinski definition) is 1. The Labute approximate surface area is 103 Å². The van der Waals surface area contributed by atoms with E-state index in [1.807, 2.05) is 0 Å². The predicted octanol–water partition coefficient (Wildman–Crippen LogP) is 2.50. The first-order valence-electron chi connectivity index (χ1n) is 6.51. The van der Waals surface area contributed by atoms with Gasteiger partial charge in [0.1, 0.15) is 0 Å². The third kappa shape index (κ3) is 1.67. The second kappa shape index (κ2) is 4.19. The third-order valence-corrected chi connectivity index (χ3v) is 4.12. The fourth-order valence-corrected chi connectivity index (χ4v) is 3.27. The lowest BCUT2D eigenvalue weighted by Gasteiger charge is -2.23. The number of para-hydroxylation sites is 1. The van der Waals surface area contributed by atoms with E-state index in [0.717, 1.165) is 12.5 Å². The molecule has 1 aliphatic carbocycles. The van der Waals surface area contributed by atoms with Crippen LogP contribution in [0, 0.1) is 5.92 Å². The van der Waals surface area contributed by atoms with Gasteiger partial charge in [-0.15, -0.1) is 0 Å². The van der Waals surface area contributed by atoms with Crippen LogP contribution in [-0.2, 0) is 19.9 Å². The number of aromatic nitrogens is 1. The SMILES string of the molecule is CNCC1CCc2c(c3ccccc3n2C)C1. The van der Waals surface area contributed by atoms with Crippen molar-refractivity contribution in [2.45, 2.75) is 19.3 Å². The van der Waals surface area contributed by atoms with E-state index in [2.05, 4.69) is 48.2 Å². The standard InChI is InChI=1S/C15H20N2/c1-16-10-11-7-8-15-13(9-11)12-5-3-4-6-14(12)17(15)2/h3-6,11,16H,7-10H2,1-2H3. The maximum Gasteiger partial charge on any atom is 0.0482 e. The van der Waals surface area contributed by atoms with Crippen molar-refractivity contribution in [1.29, 1.82) is 0 Å². The summed E-state index contributed by atoms with van der Waals surface area (Å²) in [7, 11) is 4.26. The smallest absolute Gasteiger partial charge is 0.0482 e. The molecule has 1 atom stereocenters. The van der Waals surface area contributed by atoms with E-state index in [0.29, 0.717) is 0 Å². The van der Waals surface area contributed by atoms with Gasteiger partial charge in [0, 0.05) is 23.6 Å². The van der Waals surface area contributed by atoms with E-state index in [1.54, 1.807) is 11.3 Å². The lowest BCUT2D eigenvalue weighted by molar-refractivity contribution is 0.434. The molecule has 0 spiro atoms. The third-order valence-electron chi connectivity index (χ3n) is 4.12. The minimum Gasteiger partial charge on any atom is -0.347 e. The first kappa shape index (κ1) is 10.8. The molecule has 1 aromatic carbocycles. The fourth-order valence-electron chi connectivity index (χ4n) is 3.27. The van der Waals surface area contributed by atoms with Gasteiger partial charge < -0.3 is 9.88 Å². The number of hydrogen-bond acceptors (Lipinski definition) is 1. The van der Waals surface area contributed by atoms with Gasteiger partial charge in [0.05, 0.1) is 0 Å². The van der Waals surface area contributed by atoms with Crippen LogP contribution < -0.4 is 5.32 Å². The van der Waals surface area contributed by atoms with Crippen LogP contribution in [0.15, 0.2) is 24.3 Å². The molecule has 0 fully saturated rings. The maximum atomic E-state index is 3.32. The molecule has 2 aromatic rings. The Morgan fingerprint density at radius 3 is 3.00 bits per heavy atom. The summed E-state index contributed by atoms with van der Waals surface area (Å²) in [5.74, 6) is 0.804. The van der Waals surface area contributed by atoms with Gasteiger partial charge in [-0.05, 0) is 50.4 Å². The predicted molar refractivity (Wildman–Crippen MR) is 72.4 cm³/mol. The molecule has 2 heteroatoms. The first-order chi connectivity index (χ1) is 8.31. The van der Waals surface area contributed by atoms with Crippen LogP contribution in [-0.4, -0.2) is 18.2 Å². The molecule has 0 amide bonds. The Hall–Kier alpha value is -1.28. The lowest BCUT2D eigenvalue weighted by atomic mass is 9.86. The van der Waals surface area contributed by atoms with Gasteiger partial charge in [-0.3, -0.25) is 0 Å². The second-order valence-electron chi connectivity index (χ2n) is 5.17. The van der Waals surface area contributed by atoms with Crippen LogP contribution in [0.3, 0.4) is 0 Å². The molecule has 0 saturated carbocycles. The van der Waals surface area contributed by atoms with E-state index in [1.165, 1.54) is 30.2 Å². The quantitative estimate of drug-likeness (QED) is 0.835. The zero-order chi connectivity index (χ0) is 11.8. The Balaban J connectivity index is 2.09. The molecule has 3 rings (SSSR count). The fraction of sp³-hybridized carbons (Fsp3) is 0.467. The van der Waals surface area contributed by atoms with Crippen molar-refractivity contribution in [3.05, 3.63) is 35.5 Å². The molecule has 1 aromatic heterocycles. The lowest BCUT2D eigenvalue weighted by Crippen LogP contribution is -2.25. The molecule has 90 valence electrons. The molecule has 0 saturated heterocycles. The molecule has 0 aliphatic heterocycles. The van der Waals surface area contributed by atoms with Gasteiger partial charge >= 0.3 is 0 Å². The molecule has 17 heavy (non-hydrogen) atoms. The number of nitrogens with zero attached hydrogens (tertiary/aromatic N) is 1. The van der Waals surface area contributed by atoms with Crippen molar-refractivity contribution < 1.29 is 0 Å². The largest absolute Gasteiger partial charge is 0.347 e. The highest BCUT2D eigenvalue weighted by atomic mass is 15.0. The number of rotatable bonds is 2. The Morgan fingerprint density at radius 2 is 2.18 bits per heavy atom. The van der Waals surface area contributed by atoms with Crippen LogP contribution in [0.5, 0.6) is 0 Å². The molecule has 2 nitrogen and oxygen atoms in total. The highest BCUT2D eigenvalue weighted by Gasteiger charge is 2.23. The number of aryl methyl sites for hydroxylation is 1. The molecule has 0 bridgehead atoms. The van der Waals surface area contributed by atoms with E-state index < -0.39 is 0 Å². The summed E-state index contributed by atoms with van der Waals surface area (Å²) >= 11 is 0. The summed E-state index contributed by atoms with van der Waals surface area (Å²) in [6, 6.07) is 8.81. The maximum absolute atomic E-state index is 3.32. The summed E-state index contributed by atoms with van der Waals surface area (Å²) in [6.07, 6.45) is 3.78. The highest BCUT2D eigenvalue weighted by Crippen LogP contribution is 2.33. The van der Waals surface area contributed by atoms with Crippen molar-refractivity contribution in [3.63, 3.8) is 0 Å². The minimum absolute atomic E-state index is 0.804. The summed E-state index contributed by atoms with van der Waals surface area (Å²) in [4.78, 5) is 0. The Bertz CT molecular complexity index is 539. The van der Waals surface area contributed by atoms with Crippen molar-refractivity contribution in [2.24, 2.45) is 13.0 Å². The summed E-state index contributed by atoms with van der Waals surface area (Å²) in [5.41, 5.74) is 4.54. The minimum atomic E-state index is 0.804. The summed E-state index contributed by atoms with van der Waals surface area (Å²) in [5, 5.41) is 4.78. The van der Waals surface area contributed by atoms with E-state index in [-0.39, 0.29) is 0 Å². The topological polar surface area (TPSA) is 17.0 Å². The van der Waals surface area contributed by atoms with Crippen molar-refractivity contribution in [2.75, 3.05) is 13.6 Å². The van der Waals surface area contributed by atoms with Crippen LogP contribution in [0.25, 0.3) is 10.9 Å². The molecule has 1 heterocycles. The number of fused-ring (bicyclic) bond motifs is 3. The number of nitrogens with one attached hydrogen (secondary N) is 1. The Kier molecular flexibility index (Phi) is 2.67. The molecular weight excluding hydrogens is 208 g/mol. The van der Waals surface area contributed by atoms with Crippen molar-refractivity contribution >= 4 is 10.9 Å². The van der Waals surface area contributed by atoms with Gasteiger partial charge in [0.2, 0.25) is 0 Å². The molecular formula is C15H20N2. The van der Waals surface area contributed by atoms with Gasteiger partial charge in [-0.1, -0.05) is 18.2 Å². The van der Waals surface area contributed by atoms with Gasteiger partial charge in [0.15, 0.2) is 0 Å². The average molecular weight is 228 g/mol. The van der Waals surface area contributed by atoms with Crippen LogP contribution in [0.1, 0.15) is 17.7 Å². The van der Waals surface area contributed by atoms with Crippen LogP contribution >= 0.6 is 0 Å². The zero-order valence-corrected chi connectivity index (χ0v) is 10.7. The summed E-state index contributed by atoms with van der Waals surface area (Å²) < 4.78 is 2.39. The van der Waals surface area contributed by atoms with E-state index >= 15 is 0 Å². The van der Waals surface area contributed by atoms with Gasteiger partial charge in [0.25, 0.3) is 0 Å². The van der Waals surface area contributed by atoms with Gasteiger partial charge in [-0.25, -0.2) is 0 Å². The van der Waals surface area contributed by atoms with Gasteiger partial charge in [-0.2, -0.15) is 0 Å². The molecule has 1 aliphatic rings. The average Bonchev–Trinajstić information content (AvgIpc) is 2.65. The van der Waals surface area contributed by atoms with Crippen molar-refractivity contribution in [3.8, 4) is 0 Å². The number of benzene rings is 1. The molecule has 1 N–H and O–H groups in total. The first-order valence-corrected chi connectivity index (χ1v) is 6.51. The zero-order valence-electron chi connectivity index (χ0n) is 10.7.